The number of carbonyl (C=O) groups excluding carboxylic acids is 1. The minimum atomic E-state index is -1.18. The number of para-hydroxylation sites is 1. The van der Waals surface area contributed by atoms with Gasteiger partial charge in [0.15, 0.2) is 5.13 Å². The molecule has 0 aliphatic rings. The van der Waals surface area contributed by atoms with Crippen LogP contribution in [-0.2, 0) is 0 Å². The van der Waals surface area contributed by atoms with Gasteiger partial charge >= 0.3 is 0 Å². The Kier molecular flexibility index (Phi) is 5.30. The third kappa shape index (κ3) is 4.00. The molecule has 146 valence electrons. The molecule has 2 heterocycles. The first-order chi connectivity index (χ1) is 14.0. The number of pyridine rings is 1. The molecule has 0 spiro atoms. The van der Waals surface area contributed by atoms with Gasteiger partial charge in [-0.2, -0.15) is 0 Å². The molecule has 4 aromatic rings. The molecule has 0 saturated heterocycles. The van der Waals surface area contributed by atoms with Gasteiger partial charge in [0.05, 0.1) is 16.8 Å². The van der Waals surface area contributed by atoms with Crippen molar-refractivity contribution in [1.82, 2.24) is 9.97 Å². The Labute approximate surface area is 169 Å². The van der Waals surface area contributed by atoms with Crippen LogP contribution in [0.3, 0.4) is 0 Å². The maximum atomic E-state index is 14.3. The lowest BCUT2D eigenvalue weighted by atomic mass is 10.1. The standard InChI is InChI=1S/C21H16FN3O3S/c22-15-9-14(17(27)11-26)10-23-19(15)12-5-7-13(8-6-12)20(28)25-21-24-16-3-1-2-4-18(16)29-21/h1-10,17,26-27H,11H2,(H,24,25,28)/t17-/m1/s1. The number of benzene rings is 2. The van der Waals surface area contributed by atoms with E-state index in [2.05, 4.69) is 15.3 Å². The van der Waals surface area contributed by atoms with E-state index in [4.69, 9.17) is 5.11 Å². The molecule has 0 radical (unpaired) electrons. The molecule has 0 aliphatic carbocycles. The van der Waals surface area contributed by atoms with Crippen molar-refractivity contribution in [2.75, 3.05) is 11.9 Å². The highest BCUT2D eigenvalue weighted by Gasteiger charge is 2.14. The van der Waals surface area contributed by atoms with E-state index in [0.717, 1.165) is 16.3 Å². The van der Waals surface area contributed by atoms with Gasteiger partial charge in [-0.1, -0.05) is 35.6 Å². The van der Waals surface area contributed by atoms with Crippen LogP contribution in [0.2, 0.25) is 0 Å². The van der Waals surface area contributed by atoms with Crippen LogP contribution in [0.25, 0.3) is 21.5 Å². The van der Waals surface area contributed by atoms with E-state index in [1.807, 2.05) is 24.3 Å². The van der Waals surface area contributed by atoms with Crippen LogP contribution < -0.4 is 5.32 Å². The maximum Gasteiger partial charge on any atom is 0.257 e. The largest absolute Gasteiger partial charge is 0.393 e. The van der Waals surface area contributed by atoms with Crippen molar-refractivity contribution in [3.05, 3.63) is 77.7 Å². The Bertz CT molecular complexity index is 1140. The summed E-state index contributed by atoms with van der Waals surface area (Å²) in [6, 6.07) is 15.1. The molecule has 1 atom stereocenters. The predicted octanol–water partition coefficient (Wildman–Crippen LogP) is 3.78. The molecular formula is C21H16FN3O3S. The van der Waals surface area contributed by atoms with Gasteiger partial charge in [0.1, 0.15) is 17.6 Å². The summed E-state index contributed by atoms with van der Waals surface area (Å²) in [7, 11) is 0. The number of hydrogen-bond donors (Lipinski definition) is 3. The van der Waals surface area contributed by atoms with Crippen molar-refractivity contribution >= 4 is 32.6 Å². The molecular weight excluding hydrogens is 393 g/mol. The van der Waals surface area contributed by atoms with E-state index in [1.165, 1.54) is 17.5 Å². The number of hydrogen-bond acceptors (Lipinski definition) is 6. The van der Waals surface area contributed by atoms with Crippen LogP contribution >= 0.6 is 11.3 Å². The lowest BCUT2D eigenvalue weighted by Gasteiger charge is -2.09. The first-order valence-electron chi connectivity index (χ1n) is 8.77. The highest BCUT2D eigenvalue weighted by atomic mass is 32.1. The smallest absolute Gasteiger partial charge is 0.257 e. The van der Waals surface area contributed by atoms with E-state index in [0.29, 0.717) is 16.3 Å². The number of amides is 1. The normalized spacial score (nSPS) is 12.1. The van der Waals surface area contributed by atoms with Crippen LogP contribution in [0.4, 0.5) is 9.52 Å². The van der Waals surface area contributed by atoms with E-state index < -0.39 is 18.5 Å². The molecule has 29 heavy (non-hydrogen) atoms. The molecule has 4 rings (SSSR count). The number of aromatic nitrogens is 2. The maximum absolute atomic E-state index is 14.3. The van der Waals surface area contributed by atoms with Crippen molar-refractivity contribution in [3.8, 4) is 11.3 Å². The summed E-state index contributed by atoms with van der Waals surface area (Å²) in [6.45, 7) is -0.515. The second-order valence-electron chi connectivity index (χ2n) is 6.32. The summed E-state index contributed by atoms with van der Waals surface area (Å²) in [6.07, 6.45) is 0.132. The van der Waals surface area contributed by atoms with Crippen molar-refractivity contribution in [2.24, 2.45) is 0 Å². The fourth-order valence-corrected chi connectivity index (χ4v) is 3.69. The van der Waals surface area contributed by atoms with Crippen molar-refractivity contribution in [3.63, 3.8) is 0 Å². The third-order valence-corrected chi connectivity index (χ3v) is 5.31. The van der Waals surface area contributed by atoms with Gasteiger partial charge in [-0.3, -0.25) is 15.1 Å². The Morgan fingerprint density at radius 1 is 1.17 bits per heavy atom. The quantitative estimate of drug-likeness (QED) is 0.466. The minimum Gasteiger partial charge on any atom is -0.393 e. The minimum absolute atomic E-state index is 0.0945. The number of thiazole rings is 1. The van der Waals surface area contributed by atoms with Crippen LogP contribution in [0.1, 0.15) is 22.0 Å². The van der Waals surface area contributed by atoms with Crippen LogP contribution in [0, 0.1) is 5.82 Å². The van der Waals surface area contributed by atoms with Gasteiger partial charge in [0.25, 0.3) is 5.91 Å². The Morgan fingerprint density at radius 3 is 2.62 bits per heavy atom. The van der Waals surface area contributed by atoms with Crippen molar-refractivity contribution in [2.45, 2.75) is 6.10 Å². The molecule has 6 nitrogen and oxygen atoms in total. The molecule has 0 saturated carbocycles. The number of aliphatic hydroxyl groups is 2. The highest BCUT2D eigenvalue weighted by Crippen LogP contribution is 2.27. The number of anilines is 1. The second-order valence-corrected chi connectivity index (χ2v) is 7.35. The first kappa shape index (κ1) is 19.1. The average Bonchev–Trinajstić information content (AvgIpc) is 3.15. The summed E-state index contributed by atoms with van der Waals surface area (Å²) in [5.74, 6) is -0.938. The number of aliphatic hydroxyl groups excluding tert-OH is 2. The van der Waals surface area contributed by atoms with Crippen LogP contribution in [-0.4, -0.2) is 32.7 Å². The molecule has 0 unspecified atom stereocenters. The van der Waals surface area contributed by atoms with Gasteiger partial charge in [-0.05, 0) is 30.3 Å². The van der Waals surface area contributed by atoms with E-state index >= 15 is 0 Å². The molecule has 2 aromatic heterocycles. The van der Waals surface area contributed by atoms with Crippen LogP contribution in [0.15, 0.2) is 60.8 Å². The lowest BCUT2D eigenvalue weighted by Crippen LogP contribution is -2.11. The number of carbonyl (C=O) groups is 1. The molecule has 1 amide bonds. The molecule has 0 fully saturated rings. The molecule has 8 heteroatoms. The summed E-state index contributed by atoms with van der Waals surface area (Å²) in [4.78, 5) is 20.9. The molecule has 0 aliphatic heterocycles. The van der Waals surface area contributed by atoms with Gasteiger partial charge in [0.2, 0.25) is 0 Å². The summed E-state index contributed by atoms with van der Waals surface area (Å²) in [5, 5.41) is 21.8. The zero-order valence-electron chi connectivity index (χ0n) is 15.0. The van der Waals surface area contributed by atoms with Crippen molar-refractivity contribution in [1.29, 1.82) is 0 Å². The van der Waals surface area contributed by atoms with Crippen molar-refractivity contribution < 1.29 is 19.4 Å². The lowest BCUT2D eigenvalue weighted by molar-refractivity contribution is 0.0951. The summed E-state index contributed by atoms with van der Waals surface area (Å²) in [5.41, 5.74) is 2.00. The second kappa shape index (κ2) is 8.04. The number of rotatable bonds is 5. The van der Waals surface area contributed by atoms with Crippen LogP contribution in [0.5, 0.6) is 0 Å². The SMILES string of the molecule is O=C(Nc1nc2ccccc2s1)c1ccc(-c2ncc([C@H](O)CO)cc2F)cc1. The van der Waals surface area contributed by atoms with E-state index in [1.54, 1.807) is 24.3 Å². The highest BCUT2D eigenvalue weighted by molar-refractivity contribution is 7.22. The zero-order chi connectivity index (χ0) is 20.4. The number of fused-ring (bicyclic) bond motifs is 1. The fraction of sp³-hybridized carbons (Fsp3) is 0.0952. The van der Waals surface area contributed by atoms with Gasteiger partial charge in [-0.25, -0.2) is 9.37 Å². The van der Waals surface area contributed by atoms with Gasteiger partial charge in [0, 0.05) is 22.9 Å². The van der Waals surface area contributed by atoms with Gasteiger partial charge < -0.3 is 10.2 Å². The Balaban J connectivity index is 1.52. The molecule has 0 bridgehead atoms. The average molecular weight is 409 g/mol. The number of halogens is 1. The fourth-order valence-electron chi connectivity index (χ4n) is 2.83. The van der Waals surface area contributed by atoms with E-state index in [9.17, 15) is 14.3 Å². The Hall–Kier alpha value is -3.20. The van der Waals surface area contributed by atoms with Gasteiger partial charge in [-0.15, -0.1) is 0 Å². The summed E-state index contributed by atoms with van der Waals surface area (Å²) >= 11 is 1.39. The monoisotopic (exact) mass is 409 g/mol. The number of nitrogens with one attached hydrogen (secondary N) is 1. The first-order valence-corrected chi connectivity index (χ1v) is 9.58. The third-order valence-electron chi connectivity index (χ3n) is 4.35. The number of nitrogens with zero attached hydrogens (tertiary/aromatic N) is 2. The zero-order valence-corrected chi connectivity index (χ0v) is 15.9. The summed E-state index contributed by atoms with van der Waals surface area (Å²) < 4.78 is 15.3. The Morgan fingerprint density at radius 2 is 1.93 bits per heavy atom. The topological polar surface area (TPSA) is 95.3 Å². The van der Waals surface area contributed by atoms with E-state index in [-0.39, 0.29) is 17.2 Å². The predicted molar refractivity (Wildman–Crippen MR) is 109 cm³/mol. The molecule has 2 aromatic carbocycles. The molecule has 3 N–H and O–H groups in total.